The summed E-state index contributed by atoms with van der Waals surface area (Å²) in [5.74, 6) is 0.831. The summed E-state index contributed by atoms with van der Waals surface area (Å²) in [5.41, 5.74) is 0. The molecule has 12 heavy (non-hydrogen) atoms. The molecule has 0 saturated carbocycles. The summed E-state index contributed by atoms with van der Waals surface area (Å²) < 4.78 is 0. The van der Waals surface area contributed by atoms with Gasteiger partial charge >= 0.3 is 0 Å². The van der Waals surface area contributed by atoms with Gasteiger partial charge in [-0.2, -0.15) is 4.80 Å². The van der Waals surface area contributed by atoms with Crippen molar-refractivity contribution in [1.29, 1.82) is 0 Å². The van der Waals surface area contributed by atoms with Crippen LogP contribution >= 0.6 is 0 Å². The van der Waals surface area contributed by atoms with Gasteiger partial charge in [0, 0.05) is 12.4 Å². The molecule has 0 aliphatic rings. The van der Waals surface area contributed by atoms with E-state index in [1.54, 1.807) is 18.5 Å². The van der Waals surface area contributed by atoms with Crippen molar-refractivity contribution in [3.63, 3.8) is 0 Å². The molecular formula is C6H5N6. The van der Waals surface area contributed by atoms with Gasteiger partial charge in [-0.1, -0.05) is 0 Å². The average molecular weight is 161 g/mol. The van der Waals surface area contributed by atoms with E-state index in [9.17, 15) is 0 Å². The Hall–Kier alpha value is -1.85. The fourth-order valence-electron chi connectivity index (χ4n) is 0.747. The van der Waals surface area contributed by atoms with Crippen LogP contribution in [0.1, 0.15) is 0 Å². The van der Waals surface area contributed by atoms with Gasteiger partial charge in [-0.3, -0.25) is 0 Å². The first-order valence-corrected chi connectivity index (χ1v) is 3.24. The summed E-state index contributed by atoms with van der Waals surface area (Å²) in [6.45, 7) is 0. The molecule has 2 heterocycles. The molecule has 2 rings (SSSR count). The number of nitrogens with zero attached hydrogens (tertiary/aromatic N) is 6. The van der Waals surface area contributed by atoms with Crippen LogP contribution in [0.3, 0.4) is 0 Å². The van der Waals surface area contributed by atoms with E-state index in [1.807, 2.05) is 0 Å². The molecule has 59 valence electrons. The Labute approximate surface area is 68.3 Å². The monoisotopic (exact) mass is 161 g/mol. The Balaban J connectivity index is 2.45. The minimum Gasteiger partial charge on any atom is -0.234 e. The zero-order valence-corrected chi connectivity index (χ0v) is 6.12. The van der Waals surface area contributed by atoms with Crippen molar-refractivity contribution in [1.82, 2.24) is 30.2 Å². The summed E-state index contributed by atoms with van der Waals surface area (Å²) >= 11 is 0. The van der Waals surface area contributed by atoms with Crippen LogP contribution in [0, 0.1) is 7.05 Å². The summed E-state index contributed by atoms with van der Waals surface area (Å²) in [7, 11) is 3.44. The van der Waals surface area contributed by atoms with Crippen molar-refractivity contribution in [2.24, 2.45) is 0 Å². The molecule has 6 nitrogen and oxygen atoms in total. The Morgan fingerprint density at radius 1 is 1.17 bits per heavy atom. The molecule has 0 saturated heterocycles. The number of rotatable bonds is 1. The van der Waals surface area contributed by atoms with Gasteiger partial charge in [0.2, 0.25) is 11.6 Å². The van der Waals surface area contributed by atoms with Gasteiger partial charge in [0.15, 0.2) is 0 Å². The van der Waals surface area contributed by atoms with Gasteiger partial charge in [-0.05, 0) is 11.3 Å². The molecule has 6 heteroatoms. The molecule has 0 atom stereocenters. The SMILES string of the molecule is [CH2]n1nnc(-c2ncccn2)n1. The lowest BCUT2D eigenvalue weighted by molar-refractivity contribution is 0.714. The summed E-state index contributed by atoms with van der Waals surface area (Å²) in [6, 6.07) is 1.72. The van der Waals surface area contributed by atoms with Crippen LogP contribution in [0.2, 0.25) is 0 Å². The highest BCUT2D eigenvalue weighted by atomic mass is 15.6. The summed E-state index contributed by atoms with van der Waals surface area (Å²) in [5, 5.41) is 11.1. The van der Waals surface area contributed by atoms with Crippen molar-refractivity contribution in [2.45, 2.75) is 0 Å². The quantitative estimate of drug-likeness (QED) is 0.577. The number of hydrogen-bond donors (Lipinski definition) is 0. The van der Waals surface area contributed by atoms with Gasteiger partial charge in [-0.15, -0.1) is 10.2 Å². The minimum atomic E-state index is 0.380. The molecule has 0 spiro atoms. The predicted molar refractivity (Wildman–Crippen MR) is 39.6 cm³/mol. The molecular weight excluding hydrogens is 156 g/mol. The van der Waals surface area contributed by atoms with Crippen molar-refractivity contribution in [3.8, 4) is 11.6 Å². The van der Waals surface area contributed by atoms with Crippen molar-refractivity contribution in [3.05, 3.63) is 25.5 Å². The lowest BCUT2D eigenvalue weighted by atomic mass is 10.5. The number of aromatic nitrogens is 6. The second kappa shape index (κ2) is 2.65. The standard InChI is InChI=1S/C6H5N6/c1-12-10-6(9-11-12)5-7-3-2-4-8-5/h2-4H,1H2. The maximum absolute atomic E-state index is 3.95. The van der Waals surface area contributed by atoms with E-state index < -0.39 is 0 Å². The van der Waals surface area contributed by atoms with Crippen LogP contribution in [0.4, 0.5) is 0 Å². The van der Waals surface area contributed by atoms with E-state index in [1.165, 1.54) is 0 Å². The Morgan fingerprint density at radius 2 is 1.92 bits per heavy atom. The van der Waals surface area contributed by atoms with Crippen LogP contribution < -0.4 is 0 Å². The van der Waals surface area contributed by atoms with E-state index >= 15 is 0 Å². The second-order valence-corrected chi connectivity index (χ2v) is 2.06. The smallest absolute Gasteiger partial charge is 0.234 e. The molecule has 0 bridgehead atoms. The Kier molecular flexibility index (Phi) is 1.51. The predicted octanol–water partition coefficient (Wildman–Crippen LogP) is -0.230. The van der Waals surface area contributed by atoms with Gasteiger partial charge in [0.25, 0.3) is 0 Å². The van der Waals surface area contributed by atoms with Gasteiger partial charge in [0.05, 0.1) is 7.05 Å². The van der Waals surface area contributed by atoms with Gasteiger partial charge < -0.3 is 0 Å². The van der Waals surface area contributed by atoms with E-state index in [4.69, 9.17) is 0 Å². The van der Waals surface area contributed by atoms with Crippen LogP contribution in [-0.4, -0.2) is 30.2 Å². The lowest BCUT2D eigenvalue weighted by Crippen LogP contribution is -1.91. The van der Waals surface area contributed by atoms with Crippen LogP contribution in [-0.2, 0) is 0 Å². The largest absolute Gasteiger partial charge is 0.242 e. The van der Waals surface area contributed by atoms with Gasteiger partial charge in [0.1, 0.15) is 0 Å². The fourth-order valence-corrected chi connectivity index (χ4v) is 0.747. The minimum absolute atomic E-state index is 0.380. The molecule has 0 aliphatic carbocycles. The molecule has 0 N–H and O–H groups in total. The molecule has 0 amide bonds. The first-order chi connectivity index (χ1) is 5.86. The Bertz CT molecular complexity index is 367. The lowest BCUT2D eigenvalue weighted by Gasteiger charge is -1.88. The van der Waals surface area contributed by atoms with Crippen LogP contribution in [0.15, 0.2) is 18.5 Å². The van der Waals surface area contributed by atoms with Gasteiger partial charge in [-0.25, -0.2) is 9.97 Å². The highest BCUT2D eigenvalue weighted by Crippen LogP contribution is 2.03. The molecule has 0 aromatic carbocycles. The average Bonchev–Trinajstić information content (AvgIpc) is 2.54. The first kappa shape index (κ1) is 6.84. The fraction of sp³-hybridized carbons (Fsp3) is 0. The maximum atomic E-state index is 3.95. The van der Waals surface area contributed by atoms with E-state index in [2.05, 4.69) is 32.4 Å². The third kappa shape index (κ3) is 1.14. The zero-order valence-electron chi connectivity index (χ0n) is 6.12. The van der Waals surface area contributed by atoms with Crippen molar-refractivity contribution in [2.75, 3.05) is 0 Å². The normalized spacial score (nSPS) is 10.1. The van der Waals surface area contributed by atoms with E-state index in [0.29, 0.717) is 11.6 Å². The van der Waals surface area contributed by atoms with E-state index in [0.717, 1.165) is 4.80 Å². The van der Waals surface area contributed by atoms with Crippen molar-refractivity contribution < 1.29 is 0 Å². The number of tetrazole rings is 1. The summed E-state index contributed by atoms with van der Waals surface area (Å²) in [6.07, 6.45) is 3.23. The van der Waals surface area contributed by atoms with Crippen LogP contribution in [0.5, 0.6) is 0 Å². The molecule has 1 radical (unpaired) electrons. The molecule has 2 aromatic rings. The Morgan fingerprint density at radius 3 is 2.50 bits per heavy atom. The third-order valence-electron chi connectivity index (χ3n) is 1.22. The first-order valence-electron chi connectivity index (χ1n) is 3.24. The topological polar surface area (TPSA) is 69.4 Å². The maximum Gasteiger partial charge on any atom is 0.242 e. The highest BCUT2D eigenvalue weighted by Gasteiger charge is 2.04. The molecule has 0 fully saturated rings. The highest BCUT2D eigenvalue weighted by molar-refractivity contribution is 5.39. The van der Waals surface area contributed by atoms with Crippen molar-refractivity contribution >= 4 is 0 Å². The molecule has 0 unspecified atom stereocenters. The number of hydrogen-bond acceptors (Lipinski definition) is 5. The van der Waals surface area contributed by atoms with Crippen LogP contribution in [0.25, 0.3) is 11.6 Å². The molecule has 0 aliphatic heterocycles. The zero-order chi connectivity index (χ0) is 8.39. The van der Waals surface area contributed by atoms with E-state index in [-0.39, 0.29) is 0 Å². The summed E-state index contributed by atoms with van der Waals surface area (Å²) in [4.78, 5) is 9.01. The third-order valence-corrected chi connectivity index (χ3v) is 1.22. The molecule has 2 aromatic heterocycles. The second-order valence-electron chi connectivity index (χ2n) is 2.06.